The van der Waals surface area contributed by atoms with Gasteiger partial charge in [0.2, 0.25) is 15.9 Å². The highest BCUT2D eigenvalue weighted by atomic mass is 35.5. The molecule has 1 aromatic carbocycles. The van der Waals surface area contributed by atoms with E-state index >= 15 is 0 Å². The SMILES string of the molecule is CCc1ccc(NC(=O)CCN)cc1S(N)(=O)=O.Cl. The van der Waals surface area contributed by atoms with Gasteiger partial charge in [-0.2, -0.15) is 0 Å². The maximum atomic E-state index is 11.4. The fourth-order valence-electron chi connectivity index (χ4n) is 1.54. The van der Waals surface area contributed by atoms with E-state index in [1.807, 2.05) is 6.92 Å². The van der Waals surface area contributed by atoms with Gasteiger partial charge in [0.1, 0.15) is 0 Å². The average Bonchev–Trinajstić information content (AvgIpc) is 2.28. The molecular weight excluding hydrogens is 290 g/mol. The Morgan fingerprint density at radius 3 is 2.47 bits per heavy atom. The first-order valence-electron chi connectivity index (χ1n) is 5.54. The molecule has 5 N–H and O–H groups in total. The molecule has 0 aromatic heterocycles. The Morgan fingerprint density at radius 1 is 1.37 bits per heavy atom. The highest BCUT2D eigenvalue weighted by molar-refractivity contribution is 7.89. The summed E-state index contributed by atoms with van der Waals surface area (Å²) in [4.78, 5) is 11.4. The van der Waals surface area contributed by atoms with Gasteiger partial charge in [0.05, 0.1) is 4.90 Å². The van der Waals surface area contributed by atoms with Crippen molar-refractivity contribution in [3.63, 3.8) is 0 Å². The van der Waals surface area contributed by atoms with Crippen LogP contribution in [0.1, 0.15) is 18.9 Å². The number of benzene rings is 1. The van der Waals surface area contributed by atoms with E-state index in [2.05, 4.69) is 5.32 Å². The van der Waals surface area contributed by atoms with Crippen molar-refractivity contribution in [2.45, 2.75) is 24.7 Å². The number of anilines is 1. The van der Waals surface area contributed by atoms with E-state index in [-0.39, 0.29) is 36.2 Å². The first-order chi connectivity index (χ1) is 8.38. The van der Waals surface area contributed by atoms with Crippen molar-refractivity contribution in [2.75, 3.05) is 11.9 Å². The van der Waals surface area contributed by atoms with Gasteiger partial charge < -0.3 is 11.1 Å². The number of amides is 1. The molecule has 0 saturated heterocycles. The van der Waals surface area contributed by atoms with Crippen molar-refractivity contribution < 1.29 is 13.2 Å². The van der Waals surface area contributed by atoms with Crippen molar-refractivity contribution in [3.8, 4) is 0 Å². The van der Waals surface area contributed by atoms with Crippen molar-refractivity contribution >= 4 is 34.0 Å². The van der Waals surface area contributed by atoms with Gasteiger partial charge in [-0.15, -0.1) is 12.4 Å². The minimum Gasteiger partial charge on any atom is -0.330 e. The lowest BCUT2D eigenvalue weighted by Crippen LogP contribution is -2.18. The number of halogens is 1. The Balaban J connectivity index is 0.00000324. The minimum absolute atomic E-state index is 0. The summed E-state index contributed by atoms with van der Waals surface area (Å²) in [7, 11) is -3.79. The van der Waals surface area contributed by atoms with Crippen molar-refractivity contribution in [2.24, 2.45) is 10.9 Å². The summed E-state index contributed by atoms with van der Waals surface area (Å²) in [5, 5.41) is 7.70. The molecule has 0 aliphatic heterocycles. The van der Waals surface area contributed by atoms with E-state index in [4.69, 9.17) is 10.9 Å². The van der Waals surface area contributed by atoms with Crippen LogP contribution in [0.4, 0.5) is 5.69 Å². The average molecular weight is 308 g/mol. The number of carbonyl (C=O) groups excluding carboxylic acids is 1. The molecule has 6 nitrogen and oxygen atoms in total. The summed E-state index contributed by atoms with van der Waals surface area (Å²) in [6.07, 6.45) is 0.725. The van der Waals surface area contributed by atoms with Crippen LogP contribution in [0.5, 0.6) is 0 Å². The third-order valence-electron chi connectivity index (χ3n) is 2.41. The molecule has 0 bridgehead atoms. The summed E-state index contributed by atoms with van der Waals surface area (Å²) in [5.41, 5.74) is 6.27. The second-order valence-corrected chi connectivity index (χ2v) is 5.34. The van der Waals surface area contributed by atoms with Crippen LogP contribution in [0.25, 0.3) is 0 Å². The maximum absolute atomic E-state index is 11.4. The number of rotatable bonds is 5. The Morgan fingerprint density at radius 2 is 2.00 bits per heavy atom. The molecule has 0 saturated carbocycles. The van der Waals surface area contributed by atoms with E-state index in [9.17, 15) is 13.2 Å². The third-order valence-corrected chi connectivity index (χ3v) is 3.40. The predicted molar refractivity (Wildman–Crippen MR) is 76.7 cm³/mol. The Labute approximate surface area is 119 Å². The second-order valence-electron chi connectivity index (χ2n) is 3.81. The molecule has 8 heteroatoms. The quantitative estimate of drug-likeness (QED) is 0.739. The van der Waals surface area contributed by atoms with Crippen LogP contribution in [0, 0.1) is 0 Å². The van der Waals surface area contributed by atoms with Gasteiger partial charge in [-0.3, -0.25) is 4.79 Å². The molecule has 0 spiro atoms. The second kappa shape index (κ2) is 7.44. The lowest BCUT2D eigenvalue weighted by atomic mass is 10.1. The molecule has 0 unspecified atom stereocenters. The number of sulfonamides is 1. The zero-order valence-corrected chi connectivity index (χ0v) is 12.2. The third kappa shape index (κ3) is 5.15. The van der Waals surface area contributed by atoms with Gasteiger partial charge in [0.25, 0.3) is 0 Å². The number of primary sulfonamides is 1. The minimum atomic E-state index is -3.79. The van der Waals surface area contributed by atoms with E-state index in [1.165, 1.54) is 6.07 Å². The maximum Gasteiger partial charge on any atom is 0.238 e. The van der Waals surface area contributed by atoms with E-state index in [0.717, 1.165) is 0 Å². The zero-order chi connectivity index (χ0) is 13.8. The van der Waals surface area contributed by atoms with Crippen LogP contribution < -0.4 is 16.2 Å². The smallest absolute Gasteiger partial charge is 0.238 e. The fourth-order valence-corrected chi connectivity index (χ4v) is 2.41. The Hall–Kier alpha value is -1.15. The number of hydrogen-bond donors (Lipinski definition) is 3. The highest BCUT2D eigenvalue weighted by Crippen LogP contribution is 2.20. The van der Waals surface area contributed by atoms with Gasteiger partial charge >= 0.3 is 0 Å². The van der Waals surface area contributed by atoms with E-state index < -0.39 is 10.0 Å². The van der Waals surface area contributed by atoms with Gasteiger partial charge in [-0.05, 0) is 24.1 Å². The number of nitrogens with two attached hydrogens (primary N) is 2. The molecule has 0 aliphatic carbocycles. The van der Waals surface area contributed by atoms with Crippen molar-refractivity contribution in [1.29, 1.82) is 0 Å². The molecule has 1 aromatic rings. The first-order valence-corrected chi connectivity index (χ1v) is 7.08. The number of nitrogens with one attached hydrogen (secondary N) is 1. The standard InChI is InChI=1S/C11H17N3O3S.ClH/c1-2-8-3-4-9(14-11(15)5-6-12)7-10(8)18(13,16)17;/h3-4,7H,2,5-6,12H2,1H3,(H,14,15)(H2,13,16,17);1H. The zero-order valence-electron chi connectivity index (χ0n) is 10.5. The van der Waals surface area contributed by atoms with Gasteiger partial charge in [0.15, 0.2) is 0 Å². The molecule has 19 heavy (non-hydrogen) atoms. The van der Waals surface area contributed by atoms with Gasteiger partial charge in [-0.25, -0.2) is 13.6 Å². The van der Waals surface area contributed by atoms with Crippen LogP contribution in [-0.4, -0.2) is 20.9 Å². The van der Waals surface area contributed by atoms with Crippen LogP contribution >= 0.6 is 12.4 Å². The summed E-state index contributed by atoms with van der Waals surface area (Å²) in [5.74, 6) is -0.262. The van der Waals surface area contributed by atoms with Crippen LogP contribution in [-0.2, 0) is 21.2 Å². The molecule has 0 radical (unpaired) electrons. The number of hydrogen-bond acceptors (Lipinski definition) is 4. The van der Waals surface area contributed by atoms with E-state index in [0.29, 0.717) is 17.7 Å². The fraction of sp³-hybridized carbons (Fsp3) is 0.364. The summed E-state index contributed by atoms with van der Waals surface area (Å²) >= 11 is 0. The Bertz CT molecular complexity index is 546. The van der Waals surface area contributed by atoms with Gasteiger partial charge in [-0.1, -0.05) is 13.0 Å². The van der Waals surface area contributed by atoms with Crippen LogP contribution in [0.15, 0.2) is 23.1 Å². The van der Waals surface area contributed by atoms with Crippen molar-refractivity contribution in [3.05, 3.63) is 23.8 Å². The molecule has 0 atom stereocenters. The molecule has 108 valence electrons. The molecule has 0 heterocycles. The van der Waals surface area contributed by atoms with E-state index in [1.54, 1.807) is 12.1 Å². The normalized spacial score (nSPS) is 10.7. The Kier molecular flexibility index (Phi) is 6.99. The monoisotopic (exact) mass is 307 g/mol. The summed E-state index contributed by atoms with van der Waals surface area (Å²) < 4.78 is 22.8. The summed E-state index contributed by atoms with van der Waals surface area (Å²) in [6.45, 7) is 2.07. The summed E-state index contributed by atoms with van der Waals surface area (Å²) in [6, 6.07) is 4.64. The molecular formula is C11H18ClN3O3S. The lowest BCUT2D eigenvalue weighted by Gasteiger charge is -2.09. The molecule has 1 amide bonds. The van der Waals surface area contributed by atoms with Crippen molar-refractivity contribution in [1.82, 2.24) is 0 Å². The molecule has 1 rings (SSSR count). The topological polar surface area (TPSA) is 115 Å². The molecule has 0 aliphatic rings. The predicted octanol–water partition coefficient (Wildman–Crippen LogP) is 0.606. The number of carbonyl (C=O) groups is 1. The number of aryl methyl sites for hydroxylation is 1. The van der Waals surface area contributed by atoms with Gasteiger partial charge in [0, 0.05) is 18.7 Å². The first kappa shape index (κ1) is 17.8. The largest absolute Gasteiger partial charge is 0.330 e. The van der Waals surface area contributed by atoms with Crippen LogP contribution in [0.3, 0.4) is 0 Å². The lowest BCUT2D eigenvalue weighted by molar-refractivity contribution is -0.116. The highest BCUT2D eigenvalue weighted by Gasteiger charge is 2.14. The van der Waals surface area contributed by atoms with Crippen LogP contribution in [0.2, 0.25) is 0 Å². The molecule has 0 fully saturated rings.